The van der Waals surface area contributed by atoms with E-state index < -0.39 is 10.0 Å². The molecule has 0 spiro atoms. The highest BCUT2D eigenvalue weighted by molar-refractivity contribution is 7.89. The van der Waals surface area contributed by atoms with E-state index in [2.05, 4.69) is 19.2 Å². The molecule has 0 heterocycles. The third-order valence-corrected chi connectivity index (χ3v) is 6.36. The third kappa shape index (κ3) is 5.18. The summed E-state index contributed by atoms with van der Waals surface area (Å²) in [5.74, 6) is 0.0418. The number of benzene rings is 2. The predicted molar refractivity (Wildman–Crippen MR) is 108 cm³/mol. The molecular formula is C21H25N3O3S. The molecule has 2 aromatic carbocycles. The second kappa shape index (κ2) is 9.00. The Balaban J connectivity index is 2.01. The Kier molecular flexibility index (Phi) is 6.95. The Hall–Kier alpha value is -2.69. The summed E-state index contributed by atoms with van der Waals surface area (Å²) >= 11 is 0. The number of hydrogen-bond donors (Lipinski definition) is 1. The second-order valence-corrected chi connectivity index (χ2v) is 9.05. The van der Waals surface area contributed by atoms with Gasteiger partial charge >= 0.3 is 0 Å². The van der Waals surface area contributed by atoms with Crippen LogP contribution in [-0.2, 0) is 14.8 Å². The third-order valence-electron chi connectivity index (χ3n) is 4.54. The molecule has 0 aliphatic carbocycles. The number of nitriles is 1. The Labute approximate surface area is 166 Å². The number of nitrogens with zero attached hydrogens (tertiary/aromatic N) is 2. The van der Waals surface area contributed by atoms with Crippen LogP contribution in [0.5, 0.6) is 0 Å². The first-order valence-electron chi connectivity index (χ1n) is 9.01. The molecule has 0 saturated heterocycles. The van der Waals surface area contributed by atoms with Gasteiger partial charge in [0.2, 0.25) is 15.9 Å². The lowest BCUT2D eigenvalue weighted by Gasteiger charge is -2.20. The average Bonchev–Trinajstić information content (AvgIpc) is 2.67. The van der Waals surface area contributed by atoms with Gasteiger partial charge in [0, 0.05) is 7.05 Å². The standard InChI is InChI=1S/C21H25N3O3S/c1-15(2)18-7-9-19(10-8-18)16(3)23-21(25)14-24(4)28(26,27)20-11-5-17(13-22)6-12-20/h5-12,15-16H,14H2,1-4H3,(H,23,25)/t16-/m1/s1. The van der Waals surface area contributed by atoms with Gasteiger partial charge < -0.3 is 5.32 Å². The molecule has 1 N–H and O–H groups in total. The molecule has 0 aromatic heterocycles. The van der Waals surface area contributed by atoms with Crippen molar-refractivity contribution in [3.05, 3.63) is 65.2 Å². The van der Waals surface area contributed by atoms with Crippen molar-refractivity contribution in [1.29, 1.82) is 5.26 Å². The zero-order valence-corrected chi connectivity index (χ0v) is 17.3. The zero-order valence-electron chi connectivity index (χ0n) is 16.5. The van der Waals surface area contributed by atoms with Crippen molar-refractivity contribution in [3.8, 4) is 6.07 Å². The number of amides is 1. The Bertz CT molecular complexity index is 959. The molecule has 0 bridgehead atoms. The quantitative estimate of drug-likeness (QED) is 0.774. The summed E-state index contributed by atoms with van der Waals surface area (Å²) in [7, 11) is -2.46. The predicted octanol–water partition coefficient (Wildman–Crippen LogP) is 3.18. The molecule has 1 amide bonds. The zero-order chi connectivity index (χ0) is 20.9. The number of likely N-dealkylation sites (N-methyl/N-ethyl adjacent to an activating group) is 1. The first-order chi connectivity index (χ1) is 13.1. The van der Waals surface area contributed by atoms with Crippen molar-refractivity contribution in [2.45, 2.75) is 37.6 Å². The summed E-state index contributed by atoms with van der Waals surface area (Å²) in [5.41, 5.74) is 2.54. The van der Waals surface area contributed by atoms with Crippen LogP contribution in [0.25, 0.3) is 0 Å². The van der Waals surface area contributed by atoms with Crippen molar-refractivity contribution in [1.82, 2.24) is 9.62 Å². The number of sulfonamides is 1. The Morgan fingerprint density at radius 1 is 1.04 bits per heavy atom. The molecular weight excluding hydrogens is 374 g/mol. The van der Waals surface area contributed by atoms with Gasteiger partial charge in [0.25, 0.3) is 0 Å². The van der Waals surface area contributed by atoms with Crippen LogP contribution in [-0.4, -0.2) is 32.2 Å². The topological polar surface area (TPSA) is 90.3 Å². The highest BCUT2D eigenvalue weighted by Crippen LogP contribution is 2.19. The molecule has 148 valence electrons. The fraction of sp³-hybridized carbons (Fsp3) is 0.333. The van der Waals surface area contributed by atoms with Crippen LogP contribution in [0.3, 0.4) is 0 Å². The summed E-state index contributed by atoms with van der Waals surface area (Å²) in [5, 5.41) is 11.6. The van der Waals surface area contributed by atoms with E-state index in [1.807, 2.05) is 37.3 Å². The van der Waals surface area contributed by atoms with E-state index in [1.165, 1.54) is 36.9 Å². The lowest BCUT2D eigenvalue weighted by molar-refractivity contribution is -0.121. The molecule has 7 heteroatoms. The van der Waals surface area contributed by atoms with E-state index in [0.717, 1.165) is 9.87 Å². The fourth-order valence-electron chi connectivity index (χ4n) is 2.71. The van der Waals surface area contributed by atoms with Gasteiger partial charge in [0.1, 0.15) is 0 Å². The van der Waals surface area contributed by atoms with Crippen LogP contribution >= 0.6 is 0 Å². The van der Waals surface area contributed by atoms with Crippen molar-refractivity contribution in [3.63, 3.8) is 0 Å². The number of rotatable bonds is 7. The molecule has 0 fully saturated rings. The summed E-state index contributed by atoms with van der Waals surface area (Å²) in [4.78, 5) is 12.4. The molecule has 1 atom stereocenters. The molecule has 0 aliphatic rings. The molecule has 28 heavy (non-hydrogen) atoms. The normalized spacial score (nSPS) is 12.6. The molecule has 6 nitrogen and oxygen atoms in total. The van der Waals surface area contributed by atoms with Crippen LogP contribution in [0.15, 0.2) is 53.4 Å². The van der Waals surface area contributed by atoms with Crippen LogP contribution in [0, 0.1) is 11.3 Å². The molecule has 0 radical (unpaired) electrons. The van der Waals surface area contributed by atoms with Crippen LogP contribution in [0.2, 0.25) is 0 Å². The molecule has 2 rings (SSSR count). The lowest BCUT2D eigenvalue weighted by Crippen LogP contribution is -2.39. The van der Waals surface area contributed by atoms with Crippen LogP contribution in [0.1, 0.15) is 49.4 Å². The first kappa shape index (κ1) is 21.6. The number of hydrogen-bond acceptors (Lipinski definition) is 4. The monoisotopic (exact) mass is 399 g/mol. The van der Waals surface area contributed by atoms with E-state index >= 15 is 0 Å². The van der Waals surface area contributed by atoms with E-state index in [-0.39, 0.29) is 23.4 Å². The average molecular weight is 400 g/mol. The number of carbonyl (C=O) groups excluding carboxylic acids is 1. The smallest absolute Gasteiger partial charge is 0.243 e. The van der Waals surface area contributed by atoms with E-state index in [4.69, 9.17) is 5.26 Å². The minimum Gasteiger partial charge on any atom is -0.348 e. The minimum absolute atomic E-state index is 0.0409. The van der Waals surface area contributed by atoms with Crippen LogP contribution in [0.4, 0.5) is 0 Å². The number of carbonyl (C=O) groups is 1. The molecule has 0 unspecified atom stereocenters. The first-order valence-corrected chi connectivity index (χ1v) is 10.4. The highest BCUT2D eigenvalue weighted by atomic mass is 32.2. The lowest BCUT2D eigenvalue weighted by atomic mass is 9.99. The van der Waals surface area contributed by atoms with Crippen molar-refractivity contribution in [2.75, 3.05) is 13.6 Å². The van der Waals surface area contributed by atoms with Gasteiger partial charge in [-0.25, -0.2) is 8.42 Å². The fourth-order valence-corrected chi connectivity index (χ4v) is 3.84. The van der Waals surface area contributed by atoms with Gasteiger partial charge in [0.05, 0.1) is 29.1 Å². The maximum absolute atomic E-state index is 12.6. The van der Waals surface area contributed by atoms with Crippen LogP contribution < -0.4 is 5.32 Å². The van der Waals surface area contributed by atoms with Gasteiger partial charge in [-0.2, -0.15) is 9.57 Å². The largest absolute Gasteiger partial charge is 0.348 e. The van der Waals surface area contributed by atoms with Gasteiger partial charge in [-0.1, -0.05) is 38.1 Å². The van der Waals surface area contributed by atoms with E-state index in [1.54, 1.807) is 0 Å². The maximum Gasteiger partial charge on any atom is 0.243 e. The maximum atomic E-state index is 12.6. The van der Waals surface area contributed by atoms with Gasteiger partial charge in [-0.05, 0) is 48.2 Å². The van der Waals surface area contributed by atoms with E-state index in [9.17, 15) is 13.2 Å². The van der Waals surface area contributed by atoms with Crippen molar-refractivity contribution < 1.29 is 13.2 Å². The van der Waals surface area contributed by atoms with E-state index in [0.29, 0.717) is 11.5 Å². The summed E-state index contributed by atoms with van der Waals surface area (Å²) in [6.07, 6.45) is 0. The Morgan fingerprint density at radius 3 is 2.07 bits per heavy atom. The summed E-state index contributed by atoms with van der Waals surface area (Å²) in [6.45, 7) is 5.79. The summed E-state index contributed by atoms with van der Waals surface area (Å²) in [6, 6.07) is 15.3. The second-order valence-electron chi connectivity index (χ2n) is 7.01. The number of nitrogens with one attached hydrogen (secondary N) is 1. The van der Waals surface area contributed by atoms with Crippen molar-refractivity contribution >= 4 is 15.9 Å². The van der Waals surface area contributed by atoms with Gasteiger partial charge in [-0.3, -0.25) is 4.79 Å². The Morgan fingerprint density at radius 2 is 1.57 bits per heavy atom. The van der Waals surface area contributed by atoms with Gasteiger partial charge in [0.15, 0.2) is 0 Å². The summed E-state index contributed by atoms with van der Waals surface area (Å²) < 4.78 is 26.2. The van der Waals surface area contributed by atoms with Crippen molar-refractivity contribution in [2.24, 2.45) is 0 Å². The SMILES string of the molecule is CC(C)c1ccc([C@@H](C)NC(=O)CN(C)S(=O)(=O)c2ccc(C#N)cc2)cc1. The highest BCUT2D eigenvalue weighted by Gasteiger charge is 2.23. The minimum atomic E-state index is -3.81. The van der Waals surface area contributed by atoms with Gasteiger partial charge in [-0.15, -0.1) is 0 Å². The molecule has 2 aromatic rings. The molecule has 0 aliphatic heterocycles. The molecule has 0 saturated carbocycles.